The summed E-state index contributed by atoms with van der Waals surface area (Å²) < 4.78 is 5.39. The number of aromatic nitrogens is 1. The predicted octanol–water partition coefficient (Wildman–Crippen LogP) is 2.75. The lowest BCUT2D eigenvalue weighted by Crippen LogP contribution is -1.79. The molecule has 2 nitrogen and oxygen atoms in total. The molecule has 0 unspecified atom stereocenters. The highest BCUT2D eigenvalue weighted by molar-refractivity contribution is 5.74. The van der Waals surface area contributed by atoms with Crippen LogP contribution in [0.5, 0.6) is 0 Å². The summed E-state index contributed by atoms with van der Waals surface area (Å²) in [6.07, 6.45) is 0. The van der Waals surface area contributed by atoms with Crippen molar-refractivity contribution in [2.24, 2.45) is 0 Å². The first-order chi connectivity index (χ1) is 5.66. The Hall–Kier alpha value is -1.31. The Labute approximate surface area is 71.2 Å². The summed E-state index contributed by atoms with van der Waals surface area (Å²) in [6.45, 7) is 6.02. The van der Waals surface area contributed by atoms with E-state index in [9.17, 15) is 0 Å². The molecule has 0 aliphatic heterocycles. The highest BCUT2D eigenvalue weighted by Crippen LogP contribution is 2.19. The Morgan fingerprint density at radius 1 is 1.08 bits per heavy atom. The molecule has 2 heteroatoms. The quantitative estimate of drug-likeness (QED) is 0.593. The summed E-state index contributed by atoms with van der Waals surface area (Å²) in [7, 11) is 0. The van der Waals surface area contributed by atoms with E-state index in [-0.39, 0.29) is 0 Å². The van der Waals surface area contributed by atoms with Crippen LogP contribution in [0.1, 0.15) is 17.0 Å². The second kappa shape index (κ2) is 2.34. The lowest BCUT2D eigenvalue weighted by Gasteiger charge is -1.96. The molecule has 0 spiro atoms. The Morgan fingerprint density at radius 3 is 2.50 bits per heavy atom. The standard InChI is InChI=1S/C10H11NO/c1-6-4-9-10(5-7(6)2)12-8(3)11-9/h4-5H,1-3H3. The molecular weight excluding hydrogens is 150 g/mol. The van der Waals surface area contributed by atoms with Crippen molar-refractivity contribution >= 4 is 11.1 Å². The van der Waals surface area contributed by atoms with E-state index in [2.05, 4.69) is 24.9 Å². The molecule has 0 aliphatic rings. The lowest BCUT2D eigenvalue weighted by molar-refractivity contribution is 0.561. The van der Waals surface area contributed by atoms with Crippen molar-refractivity contribution in [3.63, 3.8) is 0 Å². The van der Waals surface area contributed by atoms with Crippen LogP contribution in [-0.4, -0.2) is 4.98 Å². The first-order valence-corrected chi connectivity index (χ1v) is 4.01. The monoisotopic (exact) mass is 161 g/mol. The van der Waals surface area contributed by atoms with E-state index >= 15 is 0 Å². The van der Waals surface area contributed by atoms with Gasteiger partial charge in [0.1, 0.15) is 5.52 Å². The van der Waals surface area contributed by atoms with Gasteiger partial charge >= 0.3 is 0 Å². The summed E-state index contributed by atoms with van der Waals surface area (Å²) in [5.74, 6) is 0.731. The van der Waals surface area contributed by atoms with Gasteiger partial charge in [-0.2, -0.15) is 0 Å². The zero-order chi connectivity index (χ0) is 8.72. The van der Waals surface area contributed by atoms with E-state index in [0.717, 1.165) is 17.0 Å². The van der Waals surface area contributed by atoms with Crippen molar-refractivity contribution in [3.8, 4) is 0 Å². The molecule has 12 heavy (non-hydrogen) atoms. The number of fused-ring (bicyclic) bond motifs is 1. The molecule has 1 aromatic heterocycles. The van der Waals surface area contributed by atoms with Crippen LogP contribution < -0.4 is 0 Å². The molecular formula is C10H11NO. The second-order valence-electron chi connectivity index (χ2n) is 3.14. The molecule has 0 radical (unpaired) electrons. The SMILES string of the molecule is Cc1nc2cc(C)c(C)cc2o1. The van der Waals surface area contributed by atoms with Crippen LogP contribution in [0.25, 0.3) is 11.1 Å². The average Bonchev–Trinajstić information content (AvgIpc) is 2.30. The predicted molar refractivity (Wildman–Crippen MR) is 48.2 cm³/mol. The second-order valence-corrected chi connectivity index (χ2v) is 3.14. The van der Waals surface area contributed by atoms with Crippen LogP contribution in [0.4, 0.5) is 0 Å². The molecule has 0 aliphatic carbocycles. The van der Waals surface area contributed by atoms with E-state index in [4.69, 9.17) is 4.42 Å². The van der Waals surface area contributed by atoms with Crippen molar-refractivity contribution in [3.05, 3.63) is 29.2 Å². The van der Waals surface area contributed by atoms with Gasteiger partial charge in [-0.3, -0.25) is 0 Å². The normalized spacial score (nSPS) is 10.9. The first-order valence-electron chi connectivity index (χ1n) is 4.01. The number of benzene rings is 1. The number of oxazole rings is 1. The molecule has 0 amide bonds. The number of hydrogen-bond donors (Lipinski definition) is 0. The Balaban J connectivity index is 2.83. The summed E-state index contributed by atoms with van der Waals surface area (Å²) >= 11 is 0. The summed E-state index contributed by atoms with van der Waals surface area (Å²) in [5.41, 5.74) is 4.35. The first kappa shape index (κ1) is 7.35. The van der Waals surface area contributed by atoms with Gasteiger partial charge in [-0.05, 0) is 37.1 Å². The third-order valence-electron chi connectivity index (χ3n) is 2.11. The van der Waals surface area contributed by atoms with Gasteiger partial charge in [0.05, 0.1) is 0 Å². The highest BCUT2D eigenvalue weighted by Gasteiger charge is 2.03. The molecule has 62 valence electrons. The lowest BCUT2D eigenvalue weighted by atomic mass is 10.1. The van der Waals surface area contributed by atoms with E-state index in [1.165, 1.54) is 11.1 Å². The molecule has 0 saturated carbocycles. The highest BCUT2D eigenvalue weighted by atomic mass is 16.3. The molecule has 0 fully saturated rings. The van der Waals surface area contributed by atoms with Gasteiger partial charge < -0.3 is 4.42 Å². The minimum atomic E-state index is 0.731. The average molecular weight is 161 g/mol. The van der Waals surface area contributed by atoms with Gasteiger partial charge in [0.2, 0.25) is 0 Å². The Kier molecular flexibility index (Phi) is 1.43. The Morgan fingerprint density at radius 2 is 1.75 bits per heavy atom. The minimum Gasteiger partial charge on any atom is -0.441 e. The zero-order valence-electron chi connectivity index (χ0n) is 7.51. The third-order valence-corrected chi connectivity index (χ3v) is 2.11. The number of nitrogens with zero attached hydrogens (tertiary/aromatic N) is 1. The molecule has 1 heterocycles. The van der Waals surface area contributed by atoms with Crippen molar-refractivity contribution in [1.82, 2.24) is 4.98 Å². The zero-order valence-corrected chi connectivity index (χ0v) is 7.51. The maximum Gasteiger partial charge on any atom is 0.192 e. The molecule has 0 saturated heterocycles. The van der Waals surface area contributed by atoms with Crippen LogP contribution in [0.2, 0.25) is 0 Å². The van der Waals surface area contributed by atoms with E-state index in [1.54, 1.807) is 0 Å². The molecule has 2 rings (SSSR count). The summed E-state index contributed by atoms with van der Waals surface area (Å²) in [4.78, 5) is 4.25. The van der Waals surface area contributed by atoms with Gasteiger partial charge in [0.25, 0.3) is 0 Å². The van der Waals surface area contributed by atoms with Gasteiger partial charge in [0, 0.05) is 6.92 Å². The summed E-state index contributed by atoms with van der Waals surface area (Å²) in [6, 6.07) is 4.09. The van der Waals surface area contributed by atoms with Gasteiger partial charge in [-0.1, -0.05) is 0 Å². The Bertz CT molecular complexity index is 390. The fraction of sp³-hybridized carbons (Fsp3) is 0.300. The van der Waals surface area contributed by atoms with E-state index in [1.807, 2.05) is 13.0 Å². The molecule has 0 atom stereocenters. The molecule has 1 aromatic carbocycles. The van der Waals surface area contributed by atoms with Crippen molar-refractivity contribution < 1.29 is 4.42 Å². The van der Waals surface area contributed by atoms with Crippen molar-refractivity contribution in [2.75, 3.05) is 0 Å². The molecule has 2 aromatic rings. The largest absolute Gasteiger partial charge is 0.441 e. The van der Waals surface area contributed by atoms with Gasteiger partial charge in [0.15, 0.2) is 11.5 Å². The smallest absolute Gasteiger partial charge is 0.192 e. The minimum absolute atomic E-state index is 0.731. The summed E-state index contributed by atoms with van der Waals surface area (Å²) in [5, 5.41) is 0. The number of hydrogen-bond acceptors (Lipinski definition) is 2. The van der Waals surface area contributed by atoms with Crippen LogP contribution in [0, 0.1) is 20.8 Å². The maximum atomic E-state index is 5.39. The topological polar surface area (TPSA) is 26.0 Å². The molecule has 0 N–H and O–H groups in total. The van der Waals surface area contributed by atoms with Crippen LogP contribution >= 0.6 is 0 Å². The third kappa shape index (κ3) is 0.998. The van der Waals surface area contributed by atoms with Crippen molar-refractivity contribution in [1.29, 1.82) is 0 Å². The van der Waals surface area contributed by atoms with Crippen molar-refractivity contribution in [2.45, 2.75) is 20.8 Å². The fourth-order valence-corrected chi connectivity index (χ4v) is 1.30. The van der Waals surface area contributed by atoms with Gasteiger partial charge in [-0.15, -0.1) is 0 Å². The fourth-order valence-electron chi connectivity index (χ4n) is 1.30. The van der Waals surface area contributed by atoms with E-state index < -0.39 is 0 Å². The van der Waals surface area contributed by atoms with Crippen LogP contribution in [-0.2, 0) is 0 Å². The van der Waals surface area contributed by atoms with E-state index in [0.29, 0.717) is 0 Å². The van der Waals surface area contributed by atoms with Gasteiger partial charge in [-0.25, -0.2) is 4.98 Å². The number of rotatable bonds is 0. The maximum absolute atomic E-state index is 5.39. The van der Waals surface area contributed by atoms with Crippen LogP contribution in [0.3, 0.4) is 0 Å². The molecule has 0 bridgehead atoms. The van der Waals surface area contributed by atoms with Crippen LogP contribution in [0.15, 0.2) is 16.5 Å². The number of aryl methyl sites for hydroxylation is 3.